The Bertz CT molecular complexity index is 189. The Hall–Kier alpha value is -0.220. The van der Waals surface area contributed by atoms with Crippen LogP contribution in [0.5, 0.6) is 0 Å². The highest BCUT2D eigenvalue weighted by Gasteiger charge is 2.32. The van der Waals surface area contributed by atoms with E-state index in [0.29, 0.717) is 12.1 Å². The molecule has 1 saturated carbocycles. The number of hydrogen-bond donors (Lipinski definition) is 1. The van der Waals surface area contributed by atoms with Crippen molar-refractivity contribution < 1.29 is 8.78 Å². The van der Waals surface area contributed by atoms with Crippen molar-refractivity contribution in [1.29, 1.82) is 0 Å². The van der Waals surface area contributed by atoms with E-state index in [4.69, 9.17) is 0 Å². The molecule has 15 heavy (non-hydrogen) atoms. The average Bonchev–Trinajstić information content (AvgIpc) is 3.01. The molecule has 2 aliphatic rings. The zero-order valence-electron chi connectivity index (χ0n) is 9.09. The van der Waals surface area contributed by atoms with Crippen LogP contribution in [0.1, 0.15) is 32.1 Å². The molecule has 1 aliphatic heterocycles. The zero-order chi connectivity index (χ0) is 10.7. The lowest BCUT2D eigenvalue weighted by molar-refractivity contribution is 0.0769. The van der Waals surface area contributed by atoms with E-state index in [0.717, 1.165) is 32.4 Å². The van der Waals surface area contributed by atoms with Gasteiger partial charge in [-0.2, -0.15) is 0 Å². The smallest absolute Gasteiger partial charge is 0.251 e. The second kappa shape index (κ2) is 5.21. The minimum absolute atomic E-state index is 0.0388. The molecule has 0 aromatic carbocycles. The molecule has 0 aromatic heterocycles. The van der Waals surface area contributed by atoms with Crippen LogP contribution in [0.25, 0.3) is 0 Å². The maximum atomic E-state index is 12.4. The fourth-order valence-electron chi connectivity index (χ4n) is 2.35. The summed E-state index contributed by atoms with van der Waals surface area (Å²) < 4.78 is 24.7. The summed E-state index contributed by atoms with van der Waals surface area (Å²) in [6, 6.07) is 0.890. The Balaban J connectivity index is 1.77. The van der Waals surface area contributed by atoms with Crippen molar-refractivity contribution in [2.24, 2.45) is 0 Å². The predicted octanol–water partition coefficient (Wildman–Crippen LogP) is 1.86. The molecule has 88 valence electrons. The van der Waals surface area contributed by atoms with Crippen molar-refractivity contribution in [1.82, 2.24) is 10.2 Å². The van der Waals surface area contributed by atoms with Gasteiger partial charge in [0.15, 0.2) is 0 Å². The molecule has 0 spiro atoms. The van der Waals surface area contributed by atoms with Gasteiger partial charge in [0.2, 0.25) is 0 Å². The largest absolute Gasteiger partial charge is 0.313 e. The van der Waals surface area contributed by atoms with Gasteiger partial charge in [0.25, 0.3) is 6.43 Å². The minimum Gasteiger partial charge on any atom is -0.313 e. The van der Waals surface area contributed by atoms with Crippen LogP contribution in [0.3, 0.4) is 0 Å². The van der Waals surface area contributed by atoms with E-state index in [1.165, 1.54) is 12.8 Å². The third-order valence-electron chi connectivity index (χ3n) is 3.30. The van der Waals surface area contributed by atoms with E-state index < -0.39 is 6.43 Å². The van der Waals surface area contributed by atoms with Crippen molar-refractivity contribution in [2.75, 3.05) is 19.6 Å². The van der Waals surface area contributed by atoms with E-state index in [-0.39, 0.29) is 6.54 Å². The van der Waals surface area contributed by atoms with Gasteiger partial charge in [-0.05, 0) is 32.2 Å². The number of alkyl halides is 2. The van der Waals surface area contributed by atoms with Gasteiger partial charge in [-0.1, -0.05) is 6.42 Å². The SMILES string of the molecule is FC(F)CN(CC1CCCCN1)C1CC1. The van der Waals surface area contributed by atoms with Crippen LogP contribution < -0.4 is 5.32 Å². The Morgan fingerprint density at radius 3 is 2.53 bits per heavy atom. The summed E-state index contributed by atoms with van der Waals surface area (Å²) in [5.74, 6) is 0. The first kappa shape index (κ1) is 11.3. The molecule has 1 N–H and O–H groups in total. The predicted molar refractivity (Wildman–Crippen MR) is 56.2 cm³/mol. The Morgan fingerprint density at radius 2 is 2.00 bits per heavy atom. The first-order valence-corrected chi connectivity index (χ1v) is 6.01. The lowest BCUT2D eigenvalue weighted by atomic mass is 10.0. The van der Waals surface area contributed by atoms with E-state index in [9.17, 15) is 8.78 Å². The summed E-state index contributed by atoms with van der Waals surface area (Å²) >= 11 is 0. The van der Waals surface area contributed by atoms with E-state index in [1.807, 2.05) is 4.90 Å². The summed E-state index contributed by atoms with van der Waals surface area (Å²) in [5, 5.41) is 3.42. The number of rotatable bonds is 5. The molecule has 1 atom stereocenters. The van der Waals surface area contributed by atoms with Gasteiger partial charge in [-0.3, -0.25) is 4.90 Å². The average molecular weight is 218 g/mol. The number of hydrogen-bond acceptors (Lipinski definition) is 2. The number of halogens is 2. The normalized spacial score (nSPS) is 27.6. The molecule has 4 heteroatoms. The topological polar surface area (TPSA) is 15.3 Å². The summed E-state index contributed by atoms with van der Waals surface area (Å²) in [6.07, 6.45) is 3.65. The molecular formula is C11H20F2N2. The number of nitrogens with one attached hydrogen (secondary N) is 1. The molecule has 1 saturated heterocycles. The van der Waals surface area contributed by atoms with Gasteiger partial charge in [-0.15, -0.1) is 0 Å². The molecule has 1 aliphatic carbocycles. The van der Waals surface area contributed by atoms with Crippen LogP contribution in [-0.4, -0.2) is 43.0 Å². The van der Waals surface area contributed by atoms with Crippen LogP contribution >= 0.6 is 0 Å². The molecule has 0 aromatic rings. The first-order valence-electron chi connectivity index (χ1n) is 6.01. The standard InChI is InChI=1S/C11H20F2N2/c12-11(13)8-15(10-4-5-10)7-9-3-1-2-6-14-9/h9-11,14H,1-8H2. The second-order valence-electron chi connectivity index (χ2n) is 4.72. The van der Waals surface area contributed by atoms with Crippen molar-refractivity contribution in [3.63, 3.8) is 0 Å². The summed E-state index contributed by atoms with van der Waals surface area (Å²) in [7, 11) is 0. The lowest BCUT2D eigenvalue weighted by Crippen LogP contribution is -2.45. The Labute approximate surface area is 90.0 Å². The molecule has 2 fully saturated rings. The van der Waals surface area contributed by atoms with Crippen molar-refractivity contribution in [2.45, 2.75) is 50.6 Å². The van der Waals surface area contributed by atoms with Gasteiger partial charge < -0.3 is 5.32 Å². The second-order valence-corrected chi connectivity index (χ2v) is 4.72. The third-order valence-corrected chi connectivity index (χ3v) is 3.30. The van der Waals surface area contributed by atoms with Crippen LogP contribution in [0.2, 0.25) is 0 Å². The Morgan fingerprint density at radius 1 is 1.20 bits per heavy atom. The van der Waals surface area contributed by atoms with Crippen molar-refractivity contribution in [3.8, 4) is 0 Å². The molecule has 2 nitrogen and oxygen atoms in total. The minimum atomic E-state index is -2.19. The van der Waals surface area contributed by atoms with Crippen LogP contribution in [0.4, 0.5) is 8.78 Å². The highest BCUT2D eigenvalue weighted by Crippen LogP contribution is 2.28. The lowest BCUT2D eigenvalue weighted by Gasteiger charge is -2.30. The molecular weight excluding hydrogens is 198 g/mol. The van der Waals surface area contributed by atoms with Gasteiger partial charge >= 0.3 is 0 Å². The first-order chi connectivity index (χ1) is 7.25. The van der Waals surface area contributed by atoms with E-state index in [1.54, 1.807) is 0 Å². The number of nitrogens with zero attached hydrogens (tertiary/aromatic N) is 1. The highest BCUT2D eigenvalue weighted by atomic mass is 19.3. The van der Waals surface area contributed by atoms with Gasteiger partial charge in [0.05, 0.1) is 6.54 Å². The molecule has 0 radical (unpaired) electrons. The zero-order valence-corrected chi connectivity index (χ0v) is 9.09. The number of piperidine rings is 1. The maximum Gasteiger partial charge on any atom is 0.251 e. The van der Waals surface area contributed by atoms with E-state index >= 15 is 0 Å². The summed E-state index contributed by atoms with van der Waals surface area (Å²) in [4.78, 5) is 1.98. The molecule has 1 unspecified atom stereocenters. The monoisotopic (exact) mass is 218 g/mol. The van der Waals surface area contributed by atoms with Crippen LogP contribution in [-0.2, 0) is 0 Å². The van der Waals surface area contributed by atoms with Gasteiger partial charge in [0.1, 0.15) is 0 Å². The molecule has 0 amide bonds. The summed E-state index contributed by atoms with van der Waals surface area (Å²) in [5.41, 5.74) is 0. The Kier molecular flexibility index (Phi) is 3.92. The van der Waals surface area contributed by atoms with Gasteiger partial charge in [-0.25, -0.2) is 8.78 Å². The van der Waals surface area contributed by atoms with Crippen LogP contribution in [0.15, 0.2) is 0 Å². The maximum absolute atomic E-state index is 12.4. The fourth-order valence-corrected chi connectivity index (χ4v) is 2.35. The highest BCUT2D eigenvalue weighted by molar-refractivity contribution is 4.88. The molecule has 1 heterocycles. The quantitative estimate of drug-likeness (QED) is 0.757. The van der Waals surface area contributed by atoms with Gasteiger partial charge in [0, 0.05) is 18.6 Å². The third kappa shape index (κ3) is 3.68. The van der Waals surface area contributed by atoms with E-state index in [2.05, 4.69) is 5.32 Å². The molecule has 2 rings (SSSR count). The fraction of sp³-hybridized carbons (Fsp3) is 1.00. The molecule has 0 bridgehead atoms. The van der Waals surface area contributed by atoms with Crippen molar-refractivity contribution in [3.05, 3.63) is 0 Å². The van der Waals surface area contributed by atoms with Crippen molar-refractivity contribution >= 4 is 0 Å². The summed E-state index contributed by atoms with van der Waals surface area (Å²) in [6.45, 7) is 1.83. The van der Waals surface area contributed by atoms with Crippen LogP contribution in [0, 0.1) is 0 Å².